The van der Waals surface area contributed by atoms with Gasteiger partial charge in [0.25, 0.3) is 0 Å². The molecule has 0 saturated heterocycles. The van der Waals surface area contributed by atoms with Gasteiger partial charge in [-0.1, -0.05) is 57.9 Å². The highest BCUT2D eigenvalue weighted by atomic mass is 14.1. The van der Waals surface area contributed by atoms with Gasteiger partial charge in [-0.25, -0.2) is 0 Å². The lowest BCUT2D eigenvalue weighted by Gasteiger charge is -2.15. The summed E-state index contributed by atoms with van der Waals surface area (Å²) in [5.41, 5.74) is 6.02. The molecule has 0 N–H and O–H groups in total. The molecule has 0 radical (unpaired) electrons. The van der Waals surface area contributed by atoms with E-state index in [0.717, 1.165) is 6.42 Å². The maximum Gasteiger partial charge on any atom is -0.0239 e. The number of hydrogen-bond acceptors (Lipinski definition) is 0. The molecular weight excluding hydrogens is 204 g/mol. The van der Waals surface area contributed by atoms with Crippen LogP contribution in [0.4, 0.5) is 0 Å². The van der Waals surface area contributed by atoms with Gasteiger partial charge in [0.1, 0.15) is 0 Å². The zero-order valence-electron chi connectivity index (χ0n) is 13.3. The summed E-state index contributed by atoms with van der Waals surface area (Å²) < 4.78 is 0. The van der Waals surface area contributed by atoms with Crippen LogP contribution < -0.4 is 0 Å². The fourth-order valence-corrected chi connectivity index (χ4v) is 1.80. The Bertz CT molecular complexity index is 270. The molecule has 0 unspecified atom stereocenters. The average molecular weight is 236 g/mol. The largest absolute Gasteiger partial charge is 0.0762 e. The number of hydrogen-bond donors (Lipinski definition) is 0. The quantitative estimate of drug-likeness (QED) is 0.516. The lowest BCUT2D eigenvalue weighted by atomic mass is 9.91. The van der Waals surface area contributed by atoms with Gasteiger partial charge in [0.15, 0.2) is 0 Å². The molecule has 0 nitrogen and oxygen atoms in total. The van der Waals surface area contributed by atoms with Gasteiger partial charge in [0.2, 0.25) is 0 Å². The fraction of sp³-hybridized carbons (Fsp3) is 0.647. The molecule has 0 aromatic heterocycles. The van der Waals surface area contributed by atoms with Crippen molar-refractivity contribution < 1.29 is 0 Å². The molecule has 0 heteroatoms. The minimum atomic E-state index is 1.16. The van der Waals surface area contributed by atoms with Gasteiger partial charge >= 0.3 is 0 Å². The third-order valence-corrected chi connectivity index (χ3v) is 2.47. The first-order valence-electron chi connectivity index (χ1n) is 7.17. The van der Waals surface area contributed by atoms with Crippen LogP contribution in [0.15, 0.2) is 34.4 Å². The molecule has 0 spiro atoms. The van der Waals surface area contributed by atoms with Gasteiger partial charge in [-0.2, -0.15) is 0 Å². The van der Waals surface area contributed by atoms with Crippen molar-refractivity contribution in [1.82, 2.24) is 0 Å². The molecule has 1 rings (SSSR count). The Balaban J connectivity index is 0. The van der Waals surface area contributed by atoms with E-state index < -0.39 is 0 Å². The van der Waals surface area contributed by atoms with Gasteiger partial charge in [-0.3, -0.25) is 0 Å². The van der Waals surface area contributed by atoms with Crippen molar-refractivity contribution in [2.45, 2.75) is 74.7 Å². The standard InChI is InChI=1S/C13H20.2C2H6/c1-5-12-9-11(4)6-7-13(12)8-10(2)3;2*1-2/h8-9H,5-7H2,1-4H3;2*1-2H3. The van der Waals surface area contributed by atoms with Crippen molar-refractivity contribution in [3.63, 3.8) is 0 Å². The molecule has 0 bridgehead atoms. The summed E-state index contributed by atoms with van der Waals surface area (Å²) in [7, 11) is 0. The van der Waals surface area contributed by atoms with E-state index in [-0.39, 0.29) is 0 Å². The first kappa shape index (κ1) is 18.6. The Morgan fingerprint density at radius 1 is 1.12 bits per heavy atom. The van der Waals surface area contributed by atoms with E-state index in [2.05, 4.69) is 39.8 Å². The predicted octanol–water partition coefficient (Wildman–Crippen LogP) is 6.45. The van der Waals surface area contributed by atoms with Crippen LogP contribution in [-0.2, 0) is 0 Å². The Morgan fingerprint density at radius 2 is 1.65 bits per heavy atom. The Morgan fingerprint density at radius 3 is 2.06 bits per heavy atom. The van der Waals surface area contributed by atoms with Crippen LogP contribution in [0.3, 0.4) is 0 Å². The third kappa shape index (κ3) is 8.01. The van der Waals surface area contributed by atoms with E-state index in [0.29, 0.717) is 0 Å². The predicted molar refractivity (Wildman–Crippen MR) is 82.4 cm³/mol. The second-order valence-electron chi connectivity index (χ2n) is 4.12. The maximum absolute atomic E-state index is 2.36. The summed E-state index contributed by atoms with van der Waals surface area (Å²) in [5.74, 6) is 0. The molecule has 0 aromatic carbocycles. The molecule has 0 aliphatic heterocycles. The van der Waals surface area contributed by atoms with Crippen molar-refractivity contribution in [3.8, 4) is 0 Å². The van der Waals surface area contributed by atoms with E-state index >= 15 is 0 Å². The van der Waals surface area contributed by atoms with Gasteiger partial charge in [0.05, 0.1) is 0 Å². The highest BCUT2D eigenvalue weighted by Gasteiger charge is 2.07. The molecule has 100 valence electrons. The second-order valence-corrected chi connectivity index (χ2v) is 4.12. The second kappa shape index (κ2) is 11.7. The summed E-state index contributed by atoms with van der Waals surface area (Å²) >= 11 is 0. The van der Waals surface area contributed by atoms with Crippen LogP contribution in [0.2, 0.25) is 0 Å². The molecule has 0 aromatic rings. The highest BCUT2D eigenvalue weighted by molar-refractivity contribution is 5.39. The zero-order valence-corrected chi connectivity index (χ0v) is 13.3. The highest BCUT2D eigenvalue weighted by Crippen LogP contribution is 2.27. The minimum absolute atomic E-state index is 1.16. The van der Waals surface area contributed by atoms with Gasteiger partial charge in [-0.15, -0.1) is 0 Å². The van der Waals surface area contributed by atoms with Crippen molar-refractivity contribution in [2.75, 3.05) is 0 Å². The molecule has 1 aliphatic carbocycles. The van der Waals surface area contributed by atoms with E-state index in [1.165, 1.54) is 29.6 Å². The third-order valence-electron chi connectivity index (χ3n) is 2.47. The Labute approximate surface area is 110 Å². The maximum atomic E-state index is 2.36. The van der Waals surface area contributed by atoms with Crippen LogP contribution in [0.1, 0.15) is 74.7 Å². The molecule has 0 fully saturated rings. The first-order chi connectivity index (χ1) is 8.13. The van der Waals surface area contributed by atoms with Gasteiger partial charge < -0.3 is 0 Å². The minimum Gasteiger partial charge on any atom is -0.0762 e. The van der Waals surface area contributed by atoms with Crippen LogP contribution in [0, 0.1) is 0 Å². The molecule has 0 saturated carbocycles. The normalized spacial score (nSPS) is 13.8. The van der Waals surface area contributed by atoms with E-state index in [1.807, 2.05) is 27.7 Å². The Hall–Kier alpha value is -0.780. The summed E-state index contributed by atoms with van der Waals surface area (Å²) in [6.07, 6.45) is 8.33. The van der Waals surface area contributed by atoms with E-state index in [9.17, 15) is 0 Å². The molecule has 0 heterocycles. The van der Waals surface area contributed by atoms with Crippen LogP contribution >= 0.6 is 0 Å². The zero-order chi connectivity index (χ0) is 13.8. The SMILES string of the molecule is CC.CC.CCC1=C(C=C(C)C)CCC(C)=C1. The molecule has 0 amide bonds. The number of allylic oxidation sites excluding steroid dienone is 6. The molecule has 0 atom stereocenters. The smallest absolute Gasteiger partial charge is 0.0239 e. The number of rotatable bonds is 2. The summed E-state index contributed by atoms with van der Waals surface area (Å²) in [5, 5.41) is 0. The molecule has 17 heavy (non-hydrogen) atoms. The summed E-state index contributed by atoms with van der Waals surface area (Å²) in [4.78, 5) is 0. The molecular formula is C17H32. The summed E-state index contributed by atoms with van der Waals surface area (Å²) in [6, 6.07) is 0. The van der Waals surface area contributed by atoms with Crippen LogP contribution in [-0.4, -0.2) is 0 Å². The van der Waals surface area contributed by atoms with Gasteiger partial charge in [0, 0.05) is 0 Å². The van der Waals surface area contributed by atoms with Crippen molar-refractivity contribution in [2.24, 2.45) is 0 Å². The van der Waals surface area contributed by atoms with Gasteiger partial charge in [-0.05, 0) is 51.2 Å². The van der Waals surface area contributed by atoms with Crippen LogP contribution in [0.25, 0.3) is 0 Å². The van der Waals surface area contributed by atoms with Crippen molar-refractivity contribution in [1.29, 1.82) is 0 Å². The van der Waals surface area contributed by atoms with Crippen LogP contribution in [0.5, 0.6) is 0 Å². The van der Waals surface area contributed by atoms with Crippen molar-refractivity contribution >= 4 is 0 Å². The Kier molecular flexibility index (Phi) is 12.8. The topological polar surface area (TPSA) is 0 Å². The summed E-state index contributed by atoms with van der Waals surface area (Å²) in [6.45, 7) is 16.8. The average Bonchev–Trinajstić information content (AvgIpc) is 2.36. The monoisotopic (exact) mass is 236 g/mol. The fourth-order valence-electron chi connectivity index (χ4n) is 1.80. The van der Waals surface area contributed by atoms with E-state index in [1.54, 1.807) is 5.57 Å². The van der Waals surface area contributed by atoms with E-state index in [4.69, 9.17) is 0 Å². The lowest BCUT2D eigenvalue weighted by molar-refractivity contribution is 0.887. The first-order valence-corrected chi connectivity index (χ1v) is 7.17. The lowest BCUT2D eigenvalue weighted by Crippen LogP contribution is -1.95. The van der Waals surface area contributed by atoms with Crippen molar-refractivity contribution in [3.05, 3.63) is 34.4 Å². The molecule has 1 aliphatic rings.